The second-order valence-electron chi connectivity index (χ2n) is 5.69. The van der Waals surface area contributed by atoms with E-state index in [-0.39, 0.29) is 11.8 Å². The SMILES string of the molecule is COCCNC(=O)C(C)(C)C(=O)NCCc1ccccc1OC. The summed E-state index contributed by atoms with van der Waals surface area (Å²) in [6.07, 6.45) is 0.636. The quantitative estimate of drug-likeness (QED) is 0.528. The lowest BCUT2D eigenvalue weighted by Crippen LogP contribution is -2.48. The Kier molecular flexibility index (Phi) is 7.54. The van der Waals surface area contributed by atoms with Crippen LogP contribution in [-0.2, 0) is 20.7 Å². The minimum absolute atomic E-state index is 0.303. The number of hydrogen-bond acceptors (Lipinski definition) is 4. The molecule has 6 nitrogen and oxygen atoms in total. The Bertz CT molecular complexity index is 529. The first-order chi connectivity index (χ1) is 10.9. The summed E-state index contributed by atoms with van der Waals surface area (Å²) in [5, 5.41) is 5.49. The smallest absolute Gasteiger partial charge is 0.235 e. The Hall–Kier alpha value is -2.08. The summed E-state index contributed by atoms with van der Waals surface area (Å²) >= 11 is 0. The Morgan fingerprint density at radius 1 is 1.04 bits per heavy atom. The molecule has 0 aromatic heterocycles. The van der Waals surface area contributed by atoms with Crippen LogP contribution in [0.5, 0.6) is 5.75 Å². The van der Waals surface area contributed by atoms with E-state index in [9.17, 15) is 9.59 Å². The van der Waals surface area contributed by atoms with Gasteiger partial charge in [0.2, 0.25) is 11.8 Å². The molecular formula is C17H26N2O4. The third-order valence-corrected chi connectivity index (χ3v) is 3.60. The number of benzene rings is 1. The van der Waals surface area contributed by atoms with Crippen molar-refractivity contribution in [2.45, 2.75) is 20.3 Å². The van der Waals surface area contributed by atoms with Crippen LogP contribution >= 0.6 is 0 Å². The summed E-state index contributed by atoms with van der Waals surface area (Å²) in [5.74, 6) is 0.171. The van der Waals surface area contributed by atoms with Crippen LogP contribution in [0.25, 0.3) is 0 Å². The summed E-state index contributed by atoms with van der Waals surface area (Å²) in [4.78, 5) is 24.3. The fourth-order valence-corrected chi connectivity index (χ4v) is 2.03. The van der Waals surface area contributed by atoms with E-state index in [0.29, 0.717) is 26.1 Å². The van der Waals surface area contributed by atoms with Crippen LogP contribution in [0.3, 0.4) is 0 Å². The summed E-state index contributed by atoms with van der Waals surface area (Å²) < 4.78 is 10.1. The fraction of sp³-hybridized carbons (Fsp3) is 0.529. The van der Waals surface area contributed by atoms with Crippen molar-refractivity contribution in [1.29, 1.82) is 0 Å². The molecule has 0 aliphatic rings. The normalized spacial score (nSPS) is 11.0. The van der Waals surface area contributed by atoms with Crippen molar-refractivity contribution in [2.24, 2.45) is 5.41 Å². The van der Waals surface area contributed by atoms with E-state index in [4.69, 9.17) is 9.47 Å². The predicted octanol–water partition coefficient (Wildman–Crippen LogP) is 1.14. The molecular weight excluding hydrogens is 296 g/mol. The van der Waals surface area contributed by atoms with Gasteiger partial charge in [-0.3, -0.25) is 9.59 Å². The molecule has 0 aliphatic heterocycles. The average molecular weight is 322 g/mol. The molecule has 128 valence electrons. The molecule has 0 saturated heterocycles. The molecule has 1 aromatic carbocycles. The lowest BCUT2D eigenvalue weighted by molar-refractivity contribution is -0.141. The molecule has 2 amide bonds. The van der Waals surface area contributed by atoms with Crippen molar-refractivity contribution in [2.75, 3.05) is 33.9 Å². The second kappa shape index (κ2) is 9.15. The third kappa shape index (κ3) is 5.56. The van der Waals surface area contributed by atoms with Gasteiger partial charge in [0, 0.05) is 20.2 Å². The highest BCUT2D eigenvalue weighted by Gasteiger charge is 2.35. The molecule has 23 heavy (non-hydrogen) atoms. The van der Waals surface area contributed by atoms with Crippen LogP contribution in [0.4, 0.5) is 0 Å². The Morgan fingerprint density at radius 2 is 1.65 bits per heavy atom. The molecule has 0 aliphatic carbocycles. The number of nitrogens with one attached hydrogen (secondary N) is 2. The molecule has 0 heterocycles. The van der Waals surface area contributed by atoms with Gasteiger partial charge >= 0.3 is 0 Å². The topological polar surface area (TPSA) is 76.7 Å². The second-order valence-corrected chi connectivity index (χ2v) is 5.69. The Balaban J connectivity index is 2.50. The highest BCUT2D eigenvalue weighted by atomic mass is 16.5. The fourth-order valence-electron chi connectivity index (χ4n) is 2.03. The molecule has 1 rings (SSSR count). The summed E-state index contributed by atoms with van der Waals surface area (Å²) in [7, 11) is 3.17. The molecule has 6 heteroatoms. The number of carbonyl (C=O) groups excluding carboxylic acids is 2. The van der Waals surface area contributed by atoms with E-state index < -0.39 is 5.41 Å². The van der Waals surface area contributed by atoms with E-state index >= 15 is 0 Å². The van der Waals surface area contributed by atoms with E-state index in [1.54, 1.807) is 28.1 Å². The van der Waals surface area contributed by atoms with E-state index in [1.165, 1.54) is 0 Å². The molecule has 0 saturated carbocycles. The van der Waals surface area contributed by atoms with Crippen LogP contribution in [0.1, 0.15) is 19.4 Å². The van der Waals surface area contributed by atoms with Gasteiger partial charge in [-0.2, -0.15) is 0 Å². The molecule has 0 atom stereocenters. The van der Waals surface area contributed by atoms with Crippen molar-refractivity contribution < 1.29 is 19.1 Å². The molecule has 1 aromatic rings. The highest BCUT2D eigenvalue weighted by molar-refractivity contribution is 6.04. The van der Waals surface area contributed by atoms with Crippen LogP contribution in [0, 0.1) is 5.41 Å². The number of amides is 2. The maximum atomic E-state index is 12.2. The van der Waals surface area contributed by atoms with Gasteiger partial charge in [-0.1, -0.05) is 18.2 Å². The monoisotopic (exact) mass is 322 g/mol. The third-order valence-electron chi connectivity index (χ3n) is 3.60. The summed E-state index contributed by atoms with van der Waals surface area (Å²) in [5.41, 5.74) is -0.119. The van der Waals surface area contributed by atoms with Gasteiger partial charge < -0.3 is 20.1 Å². The van der Waals surface area contributed by atoms with Crippen LogP contribution in [0.2, 0.25) is 0 Å². The zero-order valence-corrected chi connectivity index (χ0v) is 14.3. The molecule has 0 radical (unpaired) electrons. The van der Waals surface area contributed by atoms with Crippen LogP contribution in [-0.4, -0.2) is 45.7 Å². The van der Waals surface area contributed by atoms with E-state index in [0.717, 1.165) is 11.3 Å². The Morgan fingerprint density at radius 3 is 2.26 bits per heavy atom. The molecule has 0 unspecified atom stereocenters. The molecule has 0 bridgehead atoms. The lowest BCUT2D eigenvalue weighted by atomic mass is 9.91. The highest BCUT2D eigenvalue weighted by Crippen LogP contribution is 2.18. The van der Waals surface area contributed by atoms with Crippen molar-refractivity contribution >= 4 is 11.8 Å². The first kappa shape index (κ1) is 19.0. The average Bonchev–Trinajstić information content (AvgIpc) is 2.55. The van der Waals surface area contributed by atoms with Gasteiger partial charge in [-0.15, -0.1) is 0 Å². The van der Waals surface area contributed by atoms with Gasteiger partial charge in [0.25, 0.3) is 0 Å². The minimum Gasteiger partial charge on any atom is -0.496 e. The Labute approximate surface area is 137 Å². The zero-order chi connectivity index (χ0) is 17.3. The van der Waals surface area contributed by atoms with Crippen LogP contribution < -0.4 is 15.4 Å². The minimum atomic E-state index is -1.13. The largest absolute Gasteiger partial charge is 0.496 e. The number of carbonyl (C=O) groups is 2. The number of methoxy groups -OCH3 is 2. The van der Waals surface area contributed by atoms with Gasteiger partial charge in [0.15, 0.2) is 0 Å². The molecule has 0 fully saturated rings. The maximum Gasteiger partial charge on any atom is 0.235 e. The first-order valence-electron chi connectivity index (χ1n) is 7.61. The summed E-state index contributed by atoms with van der Waals surface area (Å²) in [6, 6.07) is 7.65. The van der Waals surface area contributed by atoms with Gasteiger partial charge in [0.1, 0.15) is 11.2 Å². The predicted molar refractivity (Wildman–Crippen MR) is 88.4 cm³/mol. The van der Waals surface area contributed by atoms with Crippen molar-refractivity contribution in [3.63, 3.8) is 0 Å². The number of rotatable bonds is 9. The zero-order valence-electron chi connectivity index (χ0n) is 14.3. The standard InChI is InChI=1S/C17H26N2O4/c1-17(2,16(21)19-11-12-22-3)15(20)18-10-9-13-7-5-6-8-14(13)23-4/h5-8H,9-12H2,1-4H3,(H,18,20)(H,19,21). The molecule has 2 N–H and O–H groups in total. The number of para-hydroxylation sites is 1. The van der Waals surface area contributed by atoms with Crippen molar-refractivity contribution in [3.8, 4) is 5.75 Å². The summed E-state index contributed by atoms with van der Waals surface area (Å²) in [6.45, 7) is 4.44. The first-order valence-corrected chi connectivity index (χ1v) is 7.61. The van der Waals surface area contributed by atoms with Gasteiger partial charge in [0.05, 0.1) is 13.7 Å². The number of ether oxygens (including phenoxy) is 2. The van der Waals surface area contributed by atoms with Crippen molar-refractivity contribution in [1.82, 2.24) is 10.6 Å². The van der Waals surface area contributed by atoms with Gasteiger partial charge in [-0.25, -0.2) is 0 Å². The molecule has 0 spiro atoms. The lowest BCUT2D eigenvalue weighted by Gasteiger charge is -2.22. The maximum absolute atomic E-state index is 12.2. The van der Waals surface area contributed by atoms with Gasteiger partial charge in [-0.05, 0) is 31.9 Å². The van der Waals surface area contributed by atoms with Crippen molar-refractivity contribution in [3.05, 3.63) is 29.8 Å². The van der Waals surface area contributed by atoms with Crippen LogP contribution in [0.15, 0.2) is 24.3 Å². The number of hydrogen-bond donors (Lipinski definition) is 2. The van der Waals surface area contributed by atoms with E-state index in [1.807, 2.05) is 24.3 Å². The van der Waals surface area contributed by atoms with E-state index in [2.05, 4.69) is 10.6 Å².